The van der Waals surface area contributed by atoms with Crippen LogP contribution in [0.2, 0.25) is 0 Å². The monoisotopic (exact) mass is 1100 g/mol. The Bertz CT molecular complexity index is 1530. The molecule has 3 N–H and O–H groups in total. The Morgan fingerprint density at radius 3 is 1.06 bits per heavy atom. The fraction of sp³-hybridized carbons (Fsp3) is 0.761. The summed E-state index contributed by atoms with van der Waals surface area (Å²) < 4.78 is 33.0. The Morgan fingerprint density at radius 2 is 0.714 bits per heavy atom. The van der Waals surface area contributed by atoms with E-state index in [-0.39, 0.29) is 38.6 Å². The van der Waals surface area contributed by atoms with Gasteiger partial charge in [-0.1, -0.05) is 298 Å². The van der Waals surface area contributed by atoms with Crippen LogP contribution in [-0.4, -0.2) is 49.3 Å². The van der Waals surface area contributed by atoms with Gasteiger partial charge in [-0.3, -0.25) is 18.6 Å². The number of esters is 2. The molecule has 446 valence electrons. The highest BCUT2D eigenvalue weighted by atomic mass is 31.2. The van der Waals surface area contributed by atoms with E-state index in [1.54, 1.807) is 0 Å². The number of hydrogen-bond acceptors (Lipinski definition) is 8. The van der Waals surface area contributed by atoms with Crippen molar-refractivity contribution < 1.29 is 37.6 Å². The molecule has 0 saturated heterocycles. The van der Waals surface area contributed by atoms with Crippen molar-refractivity contribution in [2.75, 3.05) is 26.4 Å². The molecule has 0 aromatic rings. The topological polar surface area (TPSA) is 134 Å². The molecule has 0 bridgehead atoms. The molecule has 0 radical (unpaired) electrons. The summed E-state index contributed by atoms with van der Waals surface area (Å²) in [5.41, 5.74) is 5.38. The van der Waals surface area contributed by atoms with Gasteiger partial charge >= 0.3 is 19.8 Å². The maximum Gasteiger partial charge on any atom is 0.472 e. The van der Waals surface area contributed by atoms with Crippen LogP contribution in [0.3, 0.4) is 0 Å². The summed E-state index contributed by atoms with van der Waals surface area (Å²) in [6.45, 7) is 3.66. The molecule has 77 heavy (non-hydrogen) atoms. The predicted molar refractivity (Wildman–Crippen MR) is 330 cm³/mol. The number of phosphoric acid groups is 1. The zero-order valence-electron chi connectivity index (χ0n) is 49.9. The number of unbranched alkanes of at least 4 members (excludes halogenated alkanes) is 33. The number of nitrogens with two attached hydrogens (primary N) is 1. The van der Waals surface area contributed by atoms with E-state index in [4.69, 9.17) is 24.3 Å². The maximum atomic E-state index is 12.7. The van der Waals surface area contributed by atoms with E-state index >= 15 is 0 Å². The summed E-state index contributed by atoms with van der Waals surface area (Å²) in [4.78, 5) is 35.2. The molecule has 0 aliphatic heterocycles. The van der Waals surface area contributed by atoms with Crippen LogP contribution in [0.5, 0.6) is 0 Å². The van der Waals surface area contributed by atoms with E-state index in [9.17, 15) is 19.0 Å². The van der Waals surface area contributed by atoms with E-state index in [1.165, 1.54) is 180 Å². The van der Waals surface area contributed by atoms with Crippen molar-refractivity contribution in [3.8, 4) is 0 Å². The quantitative estimate of drug-likeness (QED) is 0.0264. The van der Waals surface area contributed by atoms with Crippen LogP contribution >= 0.6 is 7.82 Å². The Morgan fingerprint density at radius 1 is 0.403 bits per heavy atom. The Labute approximate surface area is 474 Å². The van der Waals surface area contributed by atoms with Crippen LogP contribution < -0.4 is 5.73 Å². The smallest absolute Gasteiger partial charge is 0.462 e. The zero-order valence-corrected chi connectivity index (χ0v) is 50.8. The number of carbonyl (C=O) groups excluding carboxylic acids is 2. The molecule has 0 fully saturated rings. The average Bonchev–Trinajstić information content (AvgIpc) is 3.42. The summed E-state index contributed by atoms with van der Waals surface area (Å²) in [5.74, 6) is -0.815. The molecule has 0 spiro atoms. The van der Waals surface area contributed by atoms with E-state index in [2.05, 4.69) is 98.9 Å². The lowest BCUT2D eigenvalue weighted by Crippen LogP contribution is -2.29. The van der Waals surface area contributed by atoms with Crippen molar-refractivity contribution in [1.29, 1.82) is 0 Å². The van der Waals surface area contributed by atoms with Gasteiger partial charge in [0.25, 0.3) is 0 Å². The molecule has 2 unspecified atom stereocenters. The third-order valence-corrected chi connectivity index (χ3v) is 14.8. The van der Waals surface area contributed by atoms with E-state index in [0.717, 1.165) is 83.5 Å². The maximum absolute atomic E-state index is 12.7. The van der Waals surface area contributed by atoms with Crippen LogP contribution in [0.25, 0.3) is 0 Å². The van der Waals surface area contributed by atoms with Gasteiger partial charge in [-0.15, -0.1) is 0 Å². The first-order valence-corrected chi connectivity index (χ1v) is 33.6. The van der Waals surface area contributed by atoms with Gasteiger partial charge in [-0.2, -0.15) is 0 Å². The molecule has 0 rings (SSSR count). The van der Waals surface area contributed by atoms with Crippen molar-refractivity contribution in [1.82, 2.24) is 0 Å². The van der Waals surface area contributed by atoms with E-state index in [0.29, 0.717) is 6.42 Å². The molecule has 2 atom stereocenters. The van der Waals surface area contributed by atoms with Crippen molar-refractivity contribution >= 4 is 19.8 Å². The Balaban J connectivity index is 3.80. The number of hydrogen-bond donors (Lipinski definition) is 2. The molecule has 0 aromatic heterocycles. The lowest BCUT2D eigenvalue weighted by Gasteiger charge is -2.19. The zero-order chi connectivity index (χ0) is 55.9. The highest BCUT2D eigenvalue weighted by molar-refractivity contribution is 7.47. The molecule has 0 saturated carbocycles. The summed E-state index contributed by atoms with van der Waals surface area (Å²) >= 11 is 0. The predicted octanol–water partition coefficient (Wildman–Crippen LogP) is 20.6. The minimum Gasteiger partial charge on any atom is -0.462 e. The van der Waals surface area contributed by atoms with Gasteiger partial charge in [0, 0.05) is 19.4 Å². The van der Waals surface area contributed by atoms with Crippen LogP contribution in [0.1, 0.15) is 296 Å². The van der Waals surface area contributed by atoms with Crippen LogP contribution in [0.4, 0.5) is 0 Å². The van der Waals surface area contributed by atoms with Crippen LogP contribution in [-0.2, 0) is 32.7 Å². The number of allylic oxidation sites excluding steroid dienone is 14. The van der Waals surface area contributed by atoms with E-state index < -0.39 is 26.5 Å². The summed E-state index contributed by atoms with van der Waals surface area (Å²) in [7, 11) is -4.39. The fourth-order valence-corrected chi connectivity index (χ4v) is 9.86. The van der Waals surface area contributed by atoms with Gasteiger partial charge < -0.3 is 20.1 Å². The average molecular weight is 1100 g/mol. The normalized spacial score (nSPS) is 13.6. The highest BCUT2D eigenvalue weighted by Gasteiger charge is 2.26. The van der Waals surface area contributed by atoms with Gasteiger partial charge in [-0.25, -0.2) is 4.57 Å². The van der Waals surface area contributed by atoms with Crippen molar-refractivity contribution in [2.24, 2.45) is 5.73 Å². The Hall–Kier alpha value is -2.81. The van der Waals surface area contributed by atoms with E-state index in [1.807, 2.05) is 0 Å². The van der Waals surface area contributed by atoms with Crippen molar-refractivity contribution in [3.63, 3.8) is 0 Å². The van der Waals surface area contributed by atoms with Gasteiger partial charge in [-0.05, 0) is 70.6 Å². The Kier molecular flexibility index (Phi) is 60.1. The molecule has 0 aromatic carbocycles. The van der Waals surface area contributed by atoms with Crippen LogP contribution in [0.15, 0.2) is 85.1 Å². The molecule has 9 nitrogen and oxygen atoms in total. The second-order valence-electron chi connectivity index (χ2n) is 21.3. The standard InChI is InChI=1S/C67H120NO8P/c1-3-5-7-9-11-13-15-17-19-20-21-22-23-24-25-26-27-28-29-30-31-32-33-34-35-36-37-38-39-40-41-42-43-44-46-48-50-52-54-56-58-60-67(70)76-65(64-75-77(71,72)74-62-61-68)63-73-66(69)59-57-55-53-51-49-47-45-18-16-14-12-10-8-6-4-2/h5,7,11,13,17,19,21-22,24-25,27-28,30-31,65H,3-4,6,8-10,12,14-16,18,20,23,26,29,32-64,68H2,1-2H3,(H,71,72)/b7-5-,13-11-,19-17-,22-21-,25-24-,28-27-,31-30-. The second kappa shape index (κ2) is 62.4. The van der Waals surface area contributed by atoms with Gasteiger partial charge in [0.1, 0.15) is 6.61 Å². The first-order valence-electron chi connectivity index (χ1n) is 32.1. The number of carbonyl (C=O) groups is 2. The number of ether oxygens (including phenoxy) is 2. The number of phosphoric ester groups is 1. The largest absolute Gasteiger partial charge is 0.472 e. The van der Waals surface area contributed by atoms with Gasteiger partial charge in [0.05, 0.1) is 13.2 Å². The SMILES string of the molecule is CC/C=C\C/C=C\C/C=C\C/C=C\C/C=C\C/C=C\C/C=C\CCCCCCCCCCCCCCCCCCCCCC(=O)OC(COC(=O)CCCCCCCCCCCCCCCCC)COP(=O)(O)OCCN. The summed E-state index contributed by atoms with van der Waals surface area (Å²) in [5, 5.41) is 0. The first-order chi connectivity index (χ1) is 37.8. The third kappa shape index (κ3) is 62.3. The van der Waals surface area contributed by atoms with Gasteiger partial charge in [0.15, 0.2) is 6.10 Å². The number of rotatable bonds is 60. The molecular weight excluding hydrogens is 978 g/mol. The molecule has 0 aliphatic rings. The molecule has 0 heterocycles. The molecule has 10 heteroatoms. The fourth-order valence-electron chi connectivity index (χ4n) is 9.09. The molecular formula is C67H120NO8P. The summed E-state index contributed by atoms with van der Waals surface area (Å²) in [6, 6.07) is 0. The van der Waals surface area contributed by atoms with Crippen molar-refractivity contribution in [2.45, 2.75) is 302 Å². The first kappa shape index (κ1) is 74.2. The van der Waals surface area contributed by atoms with Crippen molar-refractivity contribution in [3.05, 3.63) is 85.1 Å². The second-order valence-corrected chi connectivity index (χ2v) is 22.7. The van der Waals surface area contributed by atoms with Crippen LogP contribution in [0, 0.1) is 0 Å². The lowest BCUT2D eigenvalue weighted by molar-refractivity contribution is -0.161. The molecule has 0 amide bonds. The lowest BCUT2D eigenvalue weighted by atomic mass is 10.0. The summed E-state index contributed by atoms with van der Waals surface area (Å²) in [6.07, 6.45) is 82.4. The third-order valence-electron chi connectivity index (χ3n) is 13.8. The minimum absolute atomic E-state index is 0.0540. The van der Waals surface area contributed by atoms with Gasteiger partial charge in [0.2, 0.25) is 0 Å². The minimum atomic E-state index is -4.39. The molecule has 0 aliphatic carbocycles. The highest BCUT2D eigenvalue weighted by Crippen LogP contribution is 2.43.